The molecular formula is C16H27N2O. The fraction of sp³-hybridized carbons (Fsp3) is 0.688. The van der Waals surface area contributed by atoms with Crippen LogP contribution in [0.3, 0.4) is 0 Å². The average molecular weight is 263 g/mol. The molecule has 1 heterocycles. The van der Waals surface area contributed by atoms with E-state index >= 15 is 0 Å². The number of methoxy groups -OCH3 is 1. The molecule has 0 amide bonds. The molecule has 2 rings (SSSR count). The van der Waals surface area contributed by atoms with Crippen molar-refractivity contribution >= 4 is 0 Å². The van der Waals surface area contributed by atoms with Gasteiger partial charge in [-0.2, -0.15) is 0 Å². The van der Waals surface area contributed by atoms with E-state index in [2.05, 4.69) is 56.9 Å². The Bertz CT molecular complexity index is 268. The molecule has 1 aliphatic heterocycles. The third kappa shape index (κ3) is 3.93. The summed E-state index contributed by atoms with van der Waals surface area (Å²) in [6.07, 6.45) is 11.1. The van der Waals surface area contributed by atoms with Crippen molar-refractivity contribution in [1.29, 1.82) is 0 Å². The van der Waals surface area contributed by atoms with Crippen molar-refractivity contribution in [2.45, 2.75) is 45.7 Å². The molecule has 2 fully saturated rings. The van der Waals surface area contributed by atoms with Gasteiger partial charge in [0, 0.05) is 31.7 Å². The third-order valence-corrected chi connectivity index (χ3v) is 3.92. The van der Waals surface area contributed by atoms with Crippen LogP contribution in [-0.2, 0) is 4.74 Å². The first-order valence-corrected chi connectivity index (χ1v) is 7.25. The highest BCUT2D eigenvalue weighted by Gasteiger charge is 2.37. The highest BCUT2D eigenvalue weighted by molar-refractivity contribution is 5.39. The van der Waals surface area contributed by atoms with Crippen molar-refractivity contribution in [3.63, 3.8) is 0 Å². The summed E-state index contributed by atoms with van der Waals surface area (Å²) in [5.74, 6) is 1.37. The smallest absolute Gasteiger partial charge is 0.0632 e. The van der Waals surface area contributed by atoms with Crippen LogP contribution in [-0.4, -0.2) is 37.4 Å². The second-order valence-corrected chi connectivity index (χ2v) is 6.59. The predicted octanol–water partition coefficient (Wildman–Crippen LogP) is 2.42. The Kier molecular flexibility index (Phi) is 5.27. The topological polar surface area (TPSA) is 24.5 Å². The molecule has 1 aliphatic carbocycles. The lowest BCUT2D eigenvalue weighted by atomic mass is 9.78. The van der Waals surface area contributed by atoms with Gasteiger partial charge in [-0.25, -0.2) is 5.01 Å². The lowest BCUT2D eigenvalue weighted by molar-refractivity contribution is 0.0549. The Morgan fingerprint density at radius 2 is 2.05 bits per heavy atom. The van der Waals surface area contributed by atoms with Gasteiger partial charge in [0.25, 0.3) is 0 Å². The van der Waals surface area contributed by atoms with E-state index < -0.39 is 0 Å². The van der Waals surface area contributed by atoms with Crippen molar-refractivity contribution < 1.29 is 4.74 Å². The zero-order chi connectivity index (χ0) is 13.9. The van der Waals surface area contributed by atoms with Crippen molar-refractivity contribution in [3.05, 3.63) is 31.6 Å². The van der Waals surface area contributed by atoms with Crippen LogP contribution in [0.5, 0.6) is 0 Å². The van der Waals surface area contributed by atoms with E-state index in [4.69, 9.17) is 4.74 Å². The second-order valence-electron chi connectivity index (χ2n) is 6.59. The lowest BCUT2D eigenvalue weighted by Crippen LogP contribution is -2.55. The first-order chi connectivity index (χ1) is 9.02. The van der Waals surface area contributed by atoms with Gasteiger partial charge >= 0.3 is 0 Å². The quantitative estimate of drug-likeness (QED) is 0.824. The molecule has 5 radical (unpaired) electrons. The molecule has 107 valence electrons. The normalized spacial score (nSPS) is 28.1. The molecule has 2 aliphatic rings. The van der Waals surface area contributed by atoms with Gasteiger partial charge in [0.15, 0.2) is 0 Å². The van der Waals surface area contributed by atoms with Crippen LogP contribution in [0, 0.1) is 37.0 Å². The van der Waals surface area contributed by atoms with E-state index in [1.165, 1.54) is 18.8 Å². The van der Waals surface area contributed by atoms with Crippen LogP contribution in [0.25, 0.3) is 0 Å². The van der Waals surface area contributed by atoms with E-state index in [-0.39, 0.29) is 5.41 Å². The van der Waals surface area contributed by atoms with Gasteiger partial charge in [-0.15, -0.1) is 0 Å². The maximum Gasteiger partial charge on any atom is 0.0632 e. The Morgan fingerprint density at radius 1 is 1.37 bits per heavy atom. The van der Waals surface area contributed by atoms with E-state index in [1.807, 2.05) is 0 Å². The number of hydrogen-bond donors (Lipinski definition) is 1. The van der Waals surface area contributed by atoms with Gasteiger partial charge in [0.1, 0.15) is 0 Å². The lowest BCUT2D eigenvalue weighted by Gasteiger charge is -2.40. The van der Waals surface area contributed by atoms with Crippen LogP contribution in [0.1, 0.15) is 33.6 Å². The standard InChI is InChI=1S/C16H27N2O/c1-16(2,3)15(13-8-5-6-9-13)17-18-11-7-10-14(18)12-19-4/h5-6,8-9,14-15,17H,7,10-12H2,1-4H3/t14-,15-/m0/s1. The maximum absolute atomic E-state index is 5.33. The molecule has 1 saturated heterocycles. The monoisotopic (exact) mass is 263 g/mol. The highest BCUT2D eigenvalue weighted by atomic mass is 16.5. The molecule has 19 heavy (non-hydrogen) atoms. The van der Waals surface area contributed by atoms with Crippen LogP contribution >= 0.6 is 0 Å². The number of ether oxygens (including phenoxy) is 1. The Balaban J connectivity index is 1.99. The van der Waals surface area contributed by atoms with Crippen molar-refractivity contribution in [2.75, 3.05) is 20.3 Å². The zero-order valence-electron chi connectivity index (χ0n) is 12.6. The van der Waals surface area contributed by atoms with Gasteiger partial charge in [-0.3, -0.25) is 5.43 Å². The third-order valence-electron chi connectivity index (χ3n) is 3.92. The molecule has 2 atom stereocenters. The summed E-state index contributed by atoms with van der Waals surface area (Å²) in [6.45, 7) is 8.80. The van der Waals surface area contributed by atoms with Gasteiger partial charge in [0.2, 0.25) is 0 Å². The number of nitrogens with zero attached hydrogens (tertiary/aromatic N) is 1. The molecule has 0 unspecified atom stereocenters. The average Bonchev–Trinajstić information content (AvgIpc) is 2.95. The molecule has 0 aromatic rings. The Morgan fingerprint density at radius 3 is 2.63 bits per heavy atom. The summed E-state index contributed by atoms with van der Waals surface area (Å²) in [7, 11) is 1.79. The van der Waals surface area contributed by atoms with Gasteiger partial charge in [-0.05, 0) is 43.9 Å². The molecular weight excluding hydrogens is 236 g/mol. The Hall–Kier alpha value is -0.120. The van der Waals surface area contributed by atoms with Crippen LogP contribution in [0.15, 0.2) is 0 Å². The first-order valence-electron chi connectivity index (χ1n) is 7.25. The number of hydrazine groups is 1. The summed E-state index contributed by atoms with van der Waals surface area (Å²) in [5.41, 5.74) is 3.94. The van der Waals surface area contributed by atoms with E-state index in [0.717, 1.165) is 13.2 Å². The number of rotatable bonds is 5. The van der Waals surface area contributed by atoms with Crippen molar-refractivity contribution in [2.24, 2.45) is 5.41 Å². The van der Waals surface area contributed by atoms with Crippen molar-refractivity contribution in [1.82, 2.24) is 10.4 Å². The van der Waals surface area contributed by atoms with Crippen LogP contribution in [0.2, 0.25) is 0 Å². The minimum atomic E-state index is 0.189. The molecule has 3 heteroatoms. The fourth-order valence-electron chi connectivity index (χ4n) is 2.89. The van der Waals surface area contributed by atoms with Gasteiger partial charge in [-0.1, -0.05) is 20.8 Å². The zero-order valence-corrected chi connectivity index (χ0v) is 12.6. The molecule has 0 bridgehead atoms. The molecule has 0 spiro atoms. The SMILES string of the molecule is COC[C@@H]1CCCN1N[C@@H]([C]1[CH][CH][CH][CH]1)C(C)(C)C. The second kappa shape index (κ2) is 6.55. The molecule has 1 saturated carbocycles. The summed E-state index contributed by atoms with van der Waals surface area (Å²) < 4.78 is 5.33. The molecule has 1 N–H and O–H groups in total. The molecule has 3 nitrogen and oxygen atoms in total. The molecule has 0 aromatic carbocycles. The summed E-state index contributed by atoms with van der Waals surface area (Å²) in [4.78, 5) is 0. The predicted molar refractivity (Wildman–Crippen MR) is 78.4 cm³/mol. The number of nitrogens with one attached hydrogen (secondary N) is 1. The van der Waals surface area contributed by atoms with Gasteiger partial charge < -0.3 is 4.74 Å². The minimum absolute atomic E-state index is 0.189. The summed E-state index contributed by atoms with van der Waals surface area (Å²) >= 11 is 0. The maximum atomic E-state index is 5.33. The van der Waals surface area contributed by atoms with Gasteiger partial charge in [0.05, 0.1) is 6.61 Å². The highest BCUT2D eigenvalue weighted by Crippen LogP contribution is 2.36. The molecule has 0 aromatic heterocycles. The van der Waals surface area contributed by atoms with E-state index in [9.17, 15) is 0 Å². The fourth-order valence-corrected chi connectivity index (χ4v) is 2.89. The van der Waals surface area contributed by atoms with E-state index in [0.29, 0.717) is 12.1 Å². The minimum Gasteiger partial charge on any atom is -0.383 e. The first kappa shape index (κ1) is 15.3. The van der Waals surface area contributed by atoms with Crippen LogP contribution < -0.4 is 5.43 Å². The van der Waals surface area contributed by atoms with E-state index in [1.54, 1.807) is 7.11 Å². The summed E-state index contributed by atoms with van der Waals surface area (Å²) in [6, 6.07) is 0.852. The summed E-state index contributed by atoms with van der Waals surface area (Å²) in [5, 5.41) is 2.38. The van der Waals surface area contributed by atoms with Crippen molar-refractivity contribution in [3.8, 4) is 0 Å². The largest absolute Gasteiger partial charge is 0.383 e. The number of hydrogen-bond acceptors (Lipinski definition) is 3. The van der Waals surface area contributed by atoms with Crippen LogP contribution in [0.4, 0.5) is 0 Å². The Labute approximate surface area is 119 Å².